The second-order valence-corrected chi connectivity index (χ2v) is 10.7. The highest BCUT2D eigenvalue weighted by Crippen LogP contribution is 1.62. The molecule has 41 heavy (non-hydrogen) atoms. The molecule has 0 rings (SSSR count). The van der Waals surface area contributed by atoms with Crippen LogP contribution in [0.5, 0.6) is 0 Å². The molecule has 0 fully saturated rings. The summed E-state index contributed by atoms with van der Waals surface area (Å²) in [6, 6.07) is 0. The van der Waals surface area contributed by atoms with Crippen molar-refractivity contribution in [3.8, 4) is 0 Å². The maximum Gasteiger partial charge on any atom is 0.394 e. The molecule has 0 unspecified atom stereocenters. The van der Waals surface area contributed by atoms with E-state index in [-0.39, 0.29) is 17.4 Å². The third-order valence-electron chi connectivity index (χ3n) is 0. The average Bonchev–Trinajstić information content (AvgIpc) is 2.16. The zero-order chi connectivity index (χ0) is 36.0. The number of hydrogen-bond acceptors (Lipinski definition) is 16. The van der Waals surface area contributed by atoms with Crippen molar-refractivity contribution in [3.63, 3.8) is 0 Å². The van der Waals surface area contributed by atoms with E-state index in [1.165, 1.54) is 0 Å². The van der Waals surface area contributed by atoms with Gasteiger partial charge >= 0.3 is 83.2 Å². The largest absolute Gasteiger partial charge is 0.394 e. The van der Waals surface area contributed by atoms with Crippen LogP contribution in [0.4, 0.5) is 0 Å². The Kier molecular flexibility index (Phi) is 40.3. The third-order valence-corrected chi connectivity index (χ3v) is 0. The van der Waals surface area contributed by atoms with Crippen molar-refractivity contribution >= 4 is 101 Å². The normalized spacial score (nSPS) is 11.3. The fourth-order valence-electron chi connectivity index (χ4n) is 0. The summed E-state index contributed by atoms with van der Waals surface area (Å²) in [6.07, 6.45) is 0. The van der Waals surface area contributed by atoms with Gasteiger partial charge in [-0.2, -0.15) is 67.3 Å². The van der Waals surface area contributed by atoms with Gasteiger partial charge < -0.3 is 0 Å². The number of rotatable bonds is 0. The first-order chi connectivity index (χ1) is 16.0. The molecule has 262 valence electrons. The molecule has 0 aromatic heterocycles. The molecule has 0 saturated heterocycles. The maximum atomic E-state index is 8.74. The molecule has 0 amide bonds. The Morgan fingerprint density at radius 1 is 0.171 bits per heavy atom. The molecule has 0 atom stereocenters. The van der Waals surface area contributed by atoms with Crippen LogP contribution in [0.1, 0.15) is 0 Å². The second-order valence-electron chi connectivity index (χ2n) is 3.58. The van der Waals surface area contributed by atoms with Gasteiger partial charge in [0.15, 0.2) is 17.4 Å². The van der Waals surface area contributed by atoms with Crippen LogP contribution in [-0.2, 0) is 83.2 Å². The van der Waals surface area contributed by atoms with Crippen LogP contribution in [0.15, 0.2) is 0 Å². The first-order valence-corrected chi connectivity index (χ1v) is 16.8. The minimum Gasteiger partial charge on any atom is -0.264 e. The van der Waals surface area contributed by atoms with Crippen LogP contribution in [-0.4, -0.2) is 158 Å². The van der Waals surface area contributed by atoms with Crippen molar-refractivity contribution in [1.82, 2.24) is 0 Å². The van der Waals surface area contributed by atoms with E-state index in [1.54, 1.807) is 0 Å². The highest BCUT2D eigenvalue weighted by atomic mass is 32.3. The van der Waals surface area contributed by atoms with Gasteiger partial charge in [-0.3, -0.25) is 72.8 Å². The van der Waals surface area contributed by atoms with E-state index in [9.17, 15) is 0 Å². The van der Waals surface area contributed by atoms with E-state index in [1.807, 2.05) is 0 Å². The molecular formula is H19AlO32S8. The Bertz CT molecular complexity index is 1060. The van der Waals surface area contributed by atoms with Crippen molar-refractivity contribution in [2.24, 2.45) is 0 Å². The Morgan fingerprint density at radius 3 is 0.171 bits per heavy atom. The lowest BCUT2D eigenvalue weighted by atomic mass is 15.8. The summed E-state index contributed by atoms with van der Waals surface area (Å²) in [5.74, 6) is 0. The lowest BCUT2D eigenvalue weighted by molar-refractivity contribution is 0.378. The molecule has 0 aliphatic heterocycles. The van der Waals surface area contributed by atoms with Crippen LogP contribution in [0, 0.1) is 0 Å². The van der Waals surface area contributed by atoms with E-state index in [0.29, 0.717) is 0 Å². The van der Waals surface area contributed by atoms with Gasteiger partial charge in [-0.25, -0.2) is 0 Å². The molecule has 0 aromatic carbocycles. The SMILES string of the molecule is O=S(=O)(O)O.O=S(=O)(O)O.O=S(=O)(O)O.O=S(=O)(O)O.O=S(=O)(O)O.O=S(=O)(O)O.O=S(=O)(O)O.O=S(=O)(O)O.[AlH3]. The summed E-state index contributed by atoms with van der Waals surface area (Å²) in [5.41, 5.74) is 0. The van der Waals surface area contributed by atoms with E-state index >= 15 is 0 Å². The molecule has 32 nitrogen and oxygen atoms in total. The zero-order valence-corrected chi connectivity index (χ0v) is 23.5. The topological polar surface area (TPSA) is 597 Å². The molecule has 0 saturated carbocycles. The average molecular weight is 815 g/mol. The van der Waals surface area contributed by atoms with Gasteiger partial charge in [0.05, 0.1) is 0 Å². The van der Waals surface area contributed by atoms with Crippen molar-refractivity contribution in [2.45, 2.75) is 0 Å². The molecular weight excluding hydrogens is 795 g/mol. The molecule has 0 radical (unpaired) electrons. The summed E-state index contributed by atoms with van der Waals surface area (Å²) >= 11 is 0. The lowest BCUT2D eigenvalue weighted by Crippen LogP contribution is -1.89. The predicted molar refractivity (Wildman–Crippen MR) is 123 cm³/mol. The van der Waals surface area contributed by atoms with Gasteiger partial charge in [0.2, 0.25) is 0 Å². The highest BCUT2D eigenvalue weighted by Gasteiger charge is 1.87. The second kappa shape index (κ2) is 25.9. The van der Waals surface area contributed by atoms with Crippen LogP contribution in [0.2, 0.25) is 0 Å². The molecule has 0 heterocycles. The van der Waals surface area contributed by atoms with Crippen molar-refractivity contribution in [2.75, 3.05) is 0 Å². The van der Waals surface area contributed by atoms with Crippen molar-refractivity contribution < 1.29 is 140 Å². The van der Waals surface area contributed by atoms with E-state index < -0.39 is 83.2 Å². The minimum atomic E-state index is -4.67. The summed E-state index contributed by atoms with van der Waals surface area (Å²) < 4.78 is 253. The Labute approximate surface area is 239 Å². The van der Waals surface area contributed by atoms with Gasteiger partial charge in [-0.1, -0.05) is 0 Å². The van der Waals surface area contributed by atoms with Crippen LogP contribution < -0.4 is 0 Å². The summed E-state index contributed by atoms with van der Waals surface area (Å²) in [6.45, 7) is 0. The molecule has 0 bridgehead atoms. The zero-order valence-electron chi connectivity index (χ0n) is 17.0. The van der Waals surface area contributed by atoms with E-state index in [2.05, 4.69) is 0 Å². The fraction of sp³-hybridized carbons (Fsp3) is 0. The minimum absolute atomic E-state index is 0. The first kappa shape index (κ1) is 63.7. The van der Waals surface area contributed by atoms with Crippen LogP contribution >= 0.6 is 0 Å². The summed E-state index contributed by atoms with van der Waals surface area (Å²) in [4.78, 5) is 0. The molecule has 0 aromatic rings. The monoisotopic (exact) mass is 814 g/mol. The Hall–Kier alpha value is -0.508. The molecule has 41 heteroatoms. The fourth-order valence-corrected chi connectivity index (χ4v) is 0. The smallest absolute Gasteiger partial charge is 0.264 e. The summed E-state index contributed by atoms with van der Waals surface area (Å²) in [5, 5.41) is 0. The predicted octanol–water partition coefficient (Wildman–Crippen LogP) is -6.41. The maximum absolute atomic E-state index is 8.74. The lowest BCUT2D eigenvalue weighted by Gasteiger charge is -1.68. The van der Waals surface area contributed by atoms with Gasteiger partial charge in [0, 0.05) is 0 Å². The molecule has 16 N–H and O–H groups in total. The summed E-state index contributed by atoms with van der Waals surface area (Å²) in [7, 11) is -37.3. The molecule has 0 aliphatic rings. The van der Waals surface area contributed by atoms with Crippen molar-refractivity contribution in [1.29, 1.82) is 0 Å². The first-order valence-electron chi connectivity index (χ1n) is 5.59. The third kappa shape index (κ3) is 216000. The van der Waals surface area contributed by atoms with Gasteiger partial charge in [0.1, 0.15) is 0 Å². The quantitative estimate of drug-likeness (QED) is 0.0798. The Morgan fingerprint density at radius 2 is 0.171 bits per heavy atom. The van der Waals surface area contributed by atoms with Crippen molar-refractivity contribution in [3.05, 3.63) is 0 Å². The van der Waals surface area contributed by atoms with Crippen LogP contribution in [0.3, 0.4) is 0 Å². The van der Waals surface area contributed by atoms with Gasteiger partial charge in [-0.15, -0.1) is 0 Å². The van der Waals surface area contributed by atoms with Gasteiger partial charge in [-0.05, 0) is 0 Å². The highest BCUT2D eigenvalue weighted by molar-refractivity contribution is 7.81. The standard InChI is InChI=1S/Al.8H2O4S.3H/c;8*1-5(2,3)4;;;/h;8*(H2,1,2,3,4);;;. The van der Waals surface area contributed by atoms with E-state index in [4.69, 9.17) is 140 Å². The van der Waals surface area contributed by atoms with E-state index in [0.717, 1.165) is 0 Å². The number of hydrogen-bond donors (Lipinski definition) is 16. The Balaban J connectivity index is -0.0000000406. The molecule has 0 aliphatic carbocycles. The van der Waals surface area contributed by atoms with Crippen LogP contribution in [0.25, 0.3) is 0 Å². The van der Waals surface area contributed by atoms with Gasteiger partial charge in [0.25, 0.3) is 0 Å². The molecule has 0 spiro atoms.